The van der Waals surface area contributed by atoms with Gasteiger partial charge in [-0.3, -0.25) is 0 Å². The number of rotatable bonds is 8. The minimum Gasteiger partial charge on any atom is -0.330 e. The molecule has 0 aliphatic heterocycles. The zero-order valence-corrected chi connectivity index (χ0v) is 13.3. The highest BCUT2D eigenvalue weighted by Gasteiger charge is 2.68. The Morgan fingerprint density at radius 1 is 0.654 bits per heavy atom. The molecule has 26 heavy (non-hydrogen) atoms. The highest BCUT2D eigenvalue weighted by atomic mass is 19.4. The summed E-state index contributed by atoms with van der Waals surface area (Å²) >= 11 is 0. The molecule has 0 amide bonds. The molecule has 0 aliphatic carbocycles. The van der Waals surface area contributed by atoms with Crippen molar-refractivity contribution in [1.29, 1.82) is 0 Å². The number of carbonyl (C=O) groups is 2. The van der Waals surface area contributed by atoms with E-state index in [2.05, 4.69) is 19.2 Å². The van der Waals surface area contributed by atoms with Gasteiger partial charge in [-0.05, 0) is 12.8 Å². The van der Waals surface area contributed by atoms with Crippen molar-refractivity contribution in [2.45, 2.75) is 50.8 Å². The van der Waals surface area contributed by atoms with Crippen molar-refractivity contribution in [2.75, 3.05) is 13.2 Å². The number of halogens is 8. The summed E-state index contributed by atoms with van der Waals surface area (Å²) in [7, 11) is 0. The quantitative estimate of drug-likeness (QED) is 0.350. The van der Waals surface area contributed by atoms with Crippen LogP contribution < -0.4 is 0 Å². The molecule has 0 aromatic heterocycles. The van der Waals surface area contributed by atoms with E-state index in [4.69, 9.17) is 0 Å². The molecule has 154 valence electrons. The summed E-state index contributed by atoms with van der Waals surface area (Å²) < 4.78 is 110. The number of hydrogen-bond donors (Lipinski definition) is 0. The van der Waals surface area contributed by atoms with Crippen LogP contribution in [0.25, 0.3) is 0 Å². The van der Waals surface area contributed by atoms with E-state index in [0.717, 1.165) is 0 Å². The molecule has 0 N–H and O–H groups in total. The largest absolute Gasteiger partial charge is 0.460 e. The standard InChI is InChI=1S/C12H14F8O6/c1-3-5-23-9(13,11(15,16)17)7(21)25-26-8(22)10(14,12(18,19)20)24-6-4-2/h3-6H2,1-2H3. The first kappa shape index (κ1) is 24.3. The Balaban J connectivity index is 5.28. The fraction of sp³-hybridized carbons (Fsp3) is 0.833. The van der Waals surface area contributed by atoms with Crippen molar-refractivity contribution in [2.24, 2.45) is 0 Å². The number of carbonyl (C=O) groups excluding carboxylic acids is 2. The van der Waals surface area contributed by atoms with Gasteiger partial charge in [0.2, 0.25) is 0 Å². The molecule has 0 bridgehead atoms. The SMILES string of the molecule is CCCOC(F)(C(=O)OOC(=O)C(F)(OCCC)C(F)(F)F)C(F)(F)F. The summed E-state index contributed by atoms with van der Waals surface area (Å²) in [5.41, 5.74) is 0. The van der Waals surface area contributed by atoms with Crippen molar-refractivity contribution in [3.8, 4) is 0 Å². The number of alkyl halides is 8. The van der Waals surface area contributed by atoms with Crippen LogP contribution in [-0.4, -0.2) is 49.2 Å². The predicted octanol–water partition coefficient (Wildman–Crippen LogP) is 3.30. The van der Waals surface area contributed by atoms with Crippen LogP contribution >= 0.6 is 0 Å². The first-order valence-corrected chi connectivity index (χ1v) is 6.89. The van der Waals surface area contributed by atoms with Crippen LogP contribution in [0.1, 0.15) is 26.7 Å². The maximum atomic E-state index is 13.7. The molecule has 0 radical (unpaired) electrons. The summed E-state index contributed by atoms with van der Waals surface area (Å²) in [6.07, 6.45) is -12.4. The molecule has 0 aromatic rings. The van der Waals surface area contributed by atoms with Gasteiger partial charge in [-0.25, -0.2) is 19.4 Å². The van der Waals surface area contributed by atoms with Gasteiger partial charge in [0.15, 0.2) is 0 Å². The Morgan fingerprint density at radius 2 is 0.923 bits per heavy atom. The van der Waals surface area contributed by atoms with E-state index in [1.165, 1.54) is 13.8 Å². The van der Waals surface area contributed by atoms with Crippen molar-refractivity contribution in [1.82, 2.24) is 0 Å². The third-order valence-electron chi connectivity index (χ3n) is 2.46. The molecule has 0 heterocycles. The zero-order valence-electron chi connectivity index (χ0n) is 13.3. The van der Waals surface area contributed by atoms with E-state index in [0.29, 0.717) is 0 Å². The fourth-order valence-electron chi connectivity index (χ4n) is 1.18. The smallest absolute Gasteiger partial charge is 0.330 e. The number of hydrogen-bond acceptors (Lipinski definition) is 6. The van der Waals surface area contributed by atoms with E-state index >= 15 is 0 Å². The van der Waals surface area contributed by atoms with Crippen molar-refractivity contribution < 1.29 is 64.0 Å². The van der Waals surface area contributed by atoms with Gasteiger partial charge < -0.3 is 9.47 Å². The van der Waals surface area contributed by atoms with Gasteiger partial charge in [-0.15, -0.1) is 0 Å². The van der Waals surface area contributed by atoms with Crippen LogP contribution in [0.3, 0.4) is 0 Å². The summed E-state index contributed by atoms with van der Waals surface area (Å²) in [6.45, 7) is 0.588. The second kappa shape index (κ2) is 8.79. The Labute approximate surface area is 141 Å². The van der Waals surface area contributed by atoms with Crippen LogP contribution in [0.5, 0.6) is 0 Å². The Hall–Kier alpha value is -1.70. The first-order chi connectivity index (χ1) is 11.7. The molecule has 2 atom stereocenters. The highest BCUT2D eigenvalue weighted by Crippen LogP contribution is 2.38. The van der Waals surface area contributed by atoms with E-state index < -0.39 is 49.2 Å². The van der Waals surface area contributed by atoms with Gasteiger partial charge in [0.25, 0.3) is 0 Å². The van der Waals surface area contributed by atoms with Crippen LogP contribution in [0.2, 0.25) is 0 Å². The molecular formula is C12H14F8O6. The first-order valence-electron chi connectivity index (χ1n) is 6.89. The Kier molecular flexibility index (Phi) is 8.22. The van der Waals surface area contributed by atoms with Gasteiger partial charge in [-0.2, -0.15) is 35.1 Å². The summed E-state index contributed by atoms with van der Waals surface area (Å²) in [5, 5.41) is 0. The third-order valence-corrected chi connectivity index (χ3v) is 2.46. The average molecular weight is 406 g/mol. The van der Waals surface area contributed by atoms with Crippen LogP contribution in [0.4, 0.5) is 35.1 Å². The second-order valence-electron chi connectivity index (χ2n) is 4.62. The average Bonchev–Trinajstić information content (AvgIpc) is 2.52. The van der Waals surface area contributed by atoms with E-state index in [1.807, 2.05) is 0 Å². The van der Waals surface area contributed by atoms with Crippen molar-refractivity contribution in [3.63, 3.8) is 0 Å². The Morgan fingerprint density at radius 3 is 1.12 bits per heavy atom. The third kappa shape index (κ3) is 5.40. The summed E-state index contributed by atoms with van der Waals surface area (Å²) in [5.74, 6) is -16.4. The van der Waals surface area contributed by atoms with Gasteiger partial charge in [0, 0.05) is 0 Å². The van der Waals surface area contributed by atoms with Crippen molar-refractivity contribution >= 4 is 11.9 Å². The van der Waals surface area contributed by atoms with Gasteiger partial charge in [0.1, 0.15) is 0 Å². The maximum absolute atomic E-state index is 13.7. The number of ether oxygens (including phenoxy) is 2. The lowest BCUT2D eigenvalue weighted by atomic mass is 10.3. The molecule has 0 saturated carbocycles. The van der Waals surface area contributed by atoms with Crippen molar-refractivity contribution in [3.05, 3.63) is 0 Å². The molecule has 0 rings (SSSR count). The van der Waals surface area contributed by atoms with Gasteiger partial charge >= 0.3 is 36.0 Å². The molecule has 0 aromatic carbocycles. The highest BCUT2D eigenvalue weighted by molar-refractivity contribution is 5.82. The molecule has 0 fully saturated rings. The monoisotopic (exact) mass is 406 g/mol. The Bertz CT molecular complexity index is 449. The minimum atomic E-state index is -6.03. The second-order valence-corrected chi connectivity index (χ2v) is 4.62. The molecule has 14 heteroatoms. The van der Waals surface area contributed by atoms with E-state index in [1.54, 1.807) is 0 Å². The van der Waals surface area contributed by atoms with E-state index in [-0.39, 0.29) is 12.8 Å². The molecular weight excluding hydrogens is 392 g/mol. The van der Waals surface area contributed by atoms with Crippen LogP contribution in [0, 0.1) is 0 Å². The van der Waals surface area contributed by atoms with Crippen LogP contribution in [-0.2, 0) is 28.8 Å². The van der Waals surface area contributed by atoms with E-state index in [9.17, 15) is 44.7 Å². The molecule has 6 nitrogen and oxygen atoms in total. The van der Waals surface area contributed by atoms with Crippen LogP contribution in [0.15, 0.2) is 0 Å². The lowest BCUT2D eigenvalue weighted by molar-refractivity contribution is -0.366. The maximum Gasteiger partial charge on any atom is 0.460 e. The fourth-order valence-corrected chi connectivity index (χ4v) is 1.18. The normalized spacial score (nSPS) is 17.2. The lowest BCUT2D eigenvalue weighted by Gasteiger charge is -2.26. The summed E-state index contributed by atoms with van der Waals surface area (Å²) in [4.78, 5) is 28.5. The molecule has 0 spiro atoms. The van der Waals surface area contributed by atoms with Gasteiger partial charge in [-0.1, -0.05) is 13.8 Å². The van der Waals surface area contributed by atoms with Gasteiger partial charge in [0.05, 0.1) is 13.2 Å². The minimum absolute atomic E-state index is 0.193. The lowest BCUT2D eigenvalue weighted by Crippen LogP contribution is -2.54. The molecule has 0 aliphatic rings. The predicted molar refractivity (Wildman–Crippen MR) is 64.5 cm³/mol. The topological polar surface area (TPSA) is 71.1 Å². The molecule has 2 unspecified atom stereocenters. The molecule has 0 saturated heterocycles. The zero-order chi connectivity index (χ0) is 20.8. The summed E-state index contributed by atoms with van der Waals surface area (Å²) in [6, 6.07) is 0.